The number of anilines is 1. The average Bonchev–Trinajstić information content (AvgIpc) is 3.32. The number of piperidine rings is 1. The maximum Gasteiger partial charge on any atom is 0.410 e. The largest absolute Gasteiger partial charge is 0.444 e. The van der Waals surface area contributed by atoms with Crippen molar-refractivity contribution in [1.82, 2.24) is 4.90 Å². The number of hydrogen-bond donors (Lipinski definition) is 0. The van der Waals surface area contributed by atoms with Crippen LogP contribution in [0.1, 0.15) is 58.1 Å². The van der Waals surface area contributed by atoms with E-state index in [0.29, 0.717) is 30.6 Å². The number of carbonyl (C=O) groups is 1. The molecule has 0 spiro atoms. The molecule has 1 aliphatic carbocycles. The van der Waals surface area contributed by atoms with Crippen LogP contribution in [0.25, 0.3) is 0 Å². The van der Waals surface area contributed by atoms with Gasteiger partial charge in [-0.25, -0.2) is 13.2 Å². The van der Waals surface area contributed by atoms with Gasteiger partial charge in [0.25, 0.3) is 10.0 Å². The number of likely N-dealkylation sites (tertiary alicyclic amines) is 1. The quantitative estimate of drug-likeness (QED) is 0.607. The third-order valence-electron chi connectivity index (χ3n) is 6.81. The number of benzene rings is 2. The van der Waals surface area contributed by atoms with Gasteiger partial charge < -0.3 is 9.64 Å². The lowest BCUT2D eigenvalue weighted by Gasteiger charge is -2.26. The Morgan fingerprint density at radius 1 is 1.09 bits per heavy atom. The van der Waals surface area contributed by atoms with Crippen molar-refractivity contribution in [3.05, 3.63) is 59.7 Å². The van der Waals surface area contributed by atoms with E-state index in [1.807, 2.05) is 57.2 Å². The van der Waals surface area contributed by atoms with Gasteiger partial charge in [0.05, 0.1) is 10.6 Å². The van der Waals surface area contributed by atoms with Crippen molar-refractivity contribution in [2.75, 3.05) is 24.4 Å². The molecule has 6 nitrogen and oxygen atoms in total. The summed E-state index contributed by atoms with van der Waals surface area (Å²) in [6, 6.07) is 14.8. The second-order valence-electron chi connectivity index (χ2n) is 10.7. The Kier molecular flexibility index (Phi) is 5.76. The molecule has 0 radical (unpaired) electrons. The van der Waals surface area contributed by atoms with Gasteiger partial charge in [-0.15, -0.1) is 0 Å². The van der Waals surface area contributed by atoms with Crippen molar-refractivity contribution in [2.45, 2.75) is 62.9 Å². The van der Waals surface area contributed by atoms with Crippen molar-refractivity contribution in [3.8, 4) is 0 Å². The number of fused-ring (bicyclic) bond motifs is 1. The number of ether oxygens (including phenoxy) is 1. The summed E-state index contributed by atoms with van der Waals surface area (Å²) in [6.07, 6.45) is 0.780. The molecule has 2 aromatic carbocycles. The molecule has 0 bridgehead atoms. The molecule has 2 aliphatic rings. The van der Waals surface area contributed by atoms with Gasteiger partial charge in [-0.3, -0.25) is 4.31 Å². The molecule has 1 saturated heterocycles. The van der Waals surface area contributed by atoms with Crippen LogP contribution in [-0.4, -0.2) is 45.1 Å². The van der Waals surface area contributed by atoms with E-state index in [9.17, 15) is 13.2 Å². The number of rotatable bonds is 5. The third-order valence-corrected chi connectivity index (χ3v) is 8.61. The highest BCUT2D eigenvalue weighted by Crippen LogP contribution is 2.59. The molecule has 178 valence electrons. The molecule has 2 fully saturated rings. The molecule has 4 rings (SSSR count). The van der Waals surface area contributed by atoms with Gasteiger partial charge >= 0.3 is 6.09 Å². The lowest BCUT2D eigenvalue weighted by atomic mass is 9.95. The van der Waals surface area contributed by atoms with E-state index in [-0.39, 0.29) is 16.4 Å². The summed E-state index contributed by atoms with van der Waals surface area (Å²) in [7, 11) is -2.06. The smallest absolute Gasteiger partial charge is 0.410 e. The molecule has 1 heterocycles. The molecule has 7 heteroatoms. The van der Waals surface area contributed by atoms with Gasteiger partial charge in [0.15, 0.2) is 0 Å². The fourth-order valence-electron chi connectivity index (χ4n) is 4.72. The second-order valence-corrected chi connectivity index (χ2v) is 12.6. The van der Waals surface area contributed by atoms with E-state index in [0.717, 1.165) is 17.5 Å². The monoisotopic (exact) mass is 470 g/mol. The van der Waals surface area contributed by atoms with Gasteiger partial charge in [-0.1, -0.05) is 38.1 Å². The zero-order valence-electron chi connectivity index (χ0n) is 20.3. The van der Waals surface area contributed by atoms with Gasteiger partial charge in [-0.2, -0.15) is 0 Å². The molecule has 1 saturated carbocycles. The molecular weight excluding hydrogens is 436 g/mol. The van der Waals surface area contributed by atoms with Crippen LogP contribution in [0.15, 0.2) is 53.4 Å². The zero-order valence-corrected chi connectivity index (χ0v) is 21.1. The third kappa shape index (κ3) is 4.47. The molecular formula is C26H34N2O4S. The van der Waals surface area contributed by atoms with Crippen molar-refractivity contribution < 1.29 is 17.9 Å². The highest BCUT2D eigenvalue weighted by molar-refractivity contribution is 7.92. The summed E-state index contributed by atoms with van der Waals surface area (Å²) in [6.45, 7) is 11.1. The van der Waals surface area contributed by atoms with Crippen molar-refractivity contribution in [1.29, 1.82) is 0 Å². The Morgan fingerprint density at radius 3 is 2.24 bits per heavy atom. The summed E-state index contributed by atoms with van der Waals surface area (Å²) in [5.74, 6) is 0.774. The first-order chi connectivity index (χ1) is 15.3. The van der Waals surface area contributed by atoms with Gasteiger partial charge in [-0.05, 0) is 74.4 Å². The van der Waals surface area contributed by atoms with Crippen molar-refractivity contribution in [2.24, 2.45) is 5.92 Å². The lowest BCUT2D eigenvalue weighted by molar-refractivity contribution is 0.0270. The summed E-state index contributed by atoms with van der Waals surface area (Å²) in [5.41, 5.74) is 2.32. The van der Waals surface area contributed by atoms with Crippen molar-refractivity contribution in [3.63, 3.8) is 0 Å². The van der Waals surface area contributed by atoms with Crippen LogP contribution in [0, 0.1) is 5.92 Å². The molecule has 1 aliphatic heterocycles. The summed E-state index contributed by atoms with van der Waals surface area (Å²) in [5, 5.41) is 0. The normalized spacial score (nSPS) is 22.3. The Labute approximate surface area is 197 Å². The zero-order chi connectivity index (χ0) is 24.2. The standard InChI is InChI=1S/C26H34N2O4S/c1-18(2)19-7-13-23(14-8-19)33(30,31)27(6)22-11-9-20(10-12-22)26-15-21(26)16-28(17-26)24(29)32-25(3,4)5/h7-14,18,21H,15-17H2,1-6H3/t21-,26+/m1/s1. The minimum atomic E-state index is -3.64. The number of hydrogen-bond acceptors (Lipinski definition) is 4. The van der Waals surface area contributed by atoms with E-state index in [4.69, 9.17) is 4.74 Å². The van der Waals surface area contributed by atoms with Crippen LogP contribution in [0.5, 0.6) is 0 Å². The summed E-state index contributed by atoms with van der Waals surface area (Å²) in [4.78, 5) is 14.6. The SMILES string of the molecule is CC(C)c1ccc(S(=O)(=O)N(C)c2ccc([C@@]34C[C@@H]3CN(C(=O)OC(C)(C)C)C4)cc2)cc1. The highest BCUT2D eigenvalue weighted by Gasteiger charge is 2.62. The summed E-state index contributed by atoms with van der Waals surface area (Å²) < 4.78 is 33.1. The molecule has 2 atom stereocenters. The Hall–Kier alpha value is -2.54. The van der Waals surface area contributed by atoms with Crippen LogP contribution in [-0.2, 0) is 20.2 Å². The fraction of sp³-hybridized carbons (Fsp3) is 0.500. The van der Waals surface area contributed by atoms with E-state index < -0.39 is 15.6 Å². The Morgan fingerprint density at radius 2 is 1.70 bits per heavy atom. The first-order valence-electron chi connectivity index (χ1n) is 11.5. The first kappa shape index (κ1) is 23.6. The molecule has 2 aromatic rings. The Balaban J connectivity index is 1.48. The van der Waals surface area contributed by atoms with Crippen LogP contribution < -0.4 is 4.31 Å². The number of amides is 1. The predicted molar refractivity (Wildman–Crippen MR) is 130 cm³/mol. The van der Waals surface area contributed by atoms with E-state index in [1.54, 1.807) is 24.1 Å². The number of carbonyl (C=O) groups excluding carboxylic acids is 1. The minimum Gasteiger partial charge on any atom is -0.444 e. The number of nitrogens with zero attached hydrogens (tertiary/aromatic N) is 2. The topological polar surface area (TPSA) is 66.9 Å². The van der Waals surface area contributed by atoms with Crippen LogP contribution in [0.2, 0.25) is 0 Å². The highest BCUT2D eigenvalue weighted by atomic mass is 32.2. The van der Waals surface area contributed by atoms with Crippen LogP contribution in [0.4, 0.5) is 10.5 Å². The van der Waals surface area contributed by atoms with Gasteiger partial charge in [0, 0.05) is 25.6 Å². The Bertz CT molecular complexity index is 1130. The first-order valence-corrected chi connectivity index (χ1v) is 12.9. The molecule has 33 heavy (non-hydrogen) atoms. The number of sulfonamides is 1. The van der Waals surface area contributed by atoms with Crippen molar-refractivity contribution >= 4 is 21.8 Å². The average molecular weight is 471 g/mol. The van der Waals surface area contributed by atoms with Crippen LogP contribution >= 0.6 is 0 Å². The lowest BCUT2D eigenvalue weighted by Crippen LogP contribution is -2.37. The van der Waals surface area contributed by atoms with E-state index in [1.165, 1.54) is 4.31 Å². The van der Waals surface area contributed by atoms with Gasteiger partial charge in [0.1, 0.15) is 5.60 Å². The van der Waals surface area contributed by atoms with Crippen LogP contribution in [0.3, 0.4) is 0 Å². The maximum absolute atomic E-state index is 13.1. The van der Waals surface area contributed by atoms with E-state index in [2.05, 4.69) is 13.8 Å². The summed E-state index contributed by atoms with van der Waals surface area (Å²) >= 11 is 0. The van der Waals surface area contributed by atoms with Gasteiger partial charge in [0.2, 0.25) is 0 Å². The fourth-order valence-corrected chi connectivity index (χ4v) is 5.92. The molecule has 1 amide bonds. The maximum atomic E-state index is 13.1. The molecule has 0 unspecified atom stereocenters. The molecule has 0 N–H and O–H groups in total. The van der Waals surface area contributed by atoms with E-state index >= 15 is 0 Å². The second kappa shape index (κ2) is 8.05. The molecule has 0 aromatic heterocycles. The minimum absolute atomic E-state index is 0.0421. The predicted octanol–water partition coefficient (Wildman–Crippen LogP) is 5.14.